The van der Waals surface area contributed by atoms with Crippen LogP contribution in [0, 0.1) is 5.41 Å². The highest BCUT2D eigenvalue weighted by molar-refractivity contribution is 14.0. The zero-order valence-electron chi connectivity index (χ0n) is 13.6. The molecule has 1 saturated carbocycles. The van der Waals surface area contributed by atoms with Gasteiger partial charge in [-0.3, -0.25) is 0 Å². The van der Waals surface area contributed by atoms with Crippen molar-refractivity contribution >= 4 is 41.3 Å². The summed E-state index contributed by atoms with van der Waals surface area (Å²) in [6, 6.07) is 0.544. The van der Waals surface area contributed by atoms with Gasteiger partial charge in [0.1, 0.15) is 5.01 Å². The molecule has 2 rings (SSSR count). The van der Waals surface area contributed by atoms with Gasteiger partial charge in [-0.1, -0.05) is 27.7 Å². The van der Waals surface area contributed by atoms with Crippen molar-refractivity contribution < 1.29 is 0 Å². The molecule has 21 heavy (non-hydrogen) atoms. The molecule has 1 fully saturated rings. The minimum atomic E-state index is 0. The minimum Gasteiger partial charge on any atom is -0.357 e. The average Bonchev–Trinajstić information content (AvgIpc) is 2.79. The predicted molar refractivity (Wildman–Crippen MR) is 102 cm³/mol. The highest BCUT2D eigenvalue weighted by atomic mass is 127. The summed E-state index contributed by atoms with van der Waals surface area (Å²) in [5.41, 5.74) is 1.57. The Morgan fingerprint density at radius 2 is 2.19 bits per heavy atom. The fourth-order valence-corrected chi connectivity index (χ4v) is 2.89. The van der Waals surface area contributed by atoms with Crippen LogP contribution in [0.4, 0.5) is 0 Å². The van der Waals surface area contributed by atoms with Crippen LogP contribution in [0.2, 0.25) is 0 Å². The normalized spacial score (nSPS) is 20.1. The molecule has 1 aromatic rings. The fraction of sp³-hybridized carbons (Fsp3) is 0.733. The van der Waals surface area contributed by atoms with Gasteiger partial charge in [-0.2, -0.15) is 0 Å². The van der Waals surface area contributed by atoms with Crippen molar-refractivity contribution in [3.63, 3.8) is 0 Å². The molecule has 2 N–H and O–H groups in total. The number of hydrogen-bond donors (Lipinski definition) is 2. The maximum absolute atomic E-state index is 4.64. The van der Waals surface area contributed by atoms with Crippen LogP contribution in [0.25, 0.3) is 0 Å². The smallest absolute Gasteiger partial charge is 0.191 e. The lowest BCUT2D eigenvalue weighted by Crippen LogP contribution is -2.39. The average molecular weight is 422 g/mol. The van der Waals surface area contributed by atoms with Crippen LogP contribution in [0.3, 0.4) is 0 Å². The van der Waals surface area contributed by atoms with Gasteiger partial charge in [-0.25, -0.2) is 9.98 Å². The molecule has 1 aliphatic rings. The molecule has 0 radical (unpaired) electrons. The molecule has 1 aliphatic carbocycles. The van der Waals surface area contributed by atoms with E-state index < -0.39 is 0 Å². The van der Waals surface area contributed by atoms with Crippen LogP contribution in [-0.2, 0) is 6.54 Å². The molecule has 1 atom stereocenters. The largest absolute Gasteiger partial charge is 0.357 e. The molecular weight excluding hydrogens is 395 g/mol. The first kappa shape index (κ1) is 18.7. The lowest BCUT2D eigenvalue weighted by Gasteiger charge is -2.12. The first-order chi connectivity index (χ1) is 9.42. The first-order valence-electron chi connectivity index (χ1n) is 7.41. The highest BCUT2D eigenvalue weighted by Gasteiger charge is 2.46. The molecule has 120 valence electrons. The van der Waals surface area contributed by atoms with E-state index in [-0.39, 0.29) is 24.0 Å². The molecule has 0 amide bonds. The van der Waals surface area contributed by atoms with Crippen molar-refractivity contribution in [1.82, 2.24) is 15.6 Å². The number of nitrogens with zero attached hydrogens (tertiary/aromatic N) is 2. The molecule has 6 heteroatoms. The summed E-state index contributed by atoms with van der Waals surface area (Å²) in [4.78, 5) is 9.27. The van der Waals surface area contributed by atoms with Crippen molar-refractivity contribution in [2.45, 2.75) is 59.5 Å². The van der Waals surface area contributed by atoms with Crippen LogP contribution in [0.15, 0.2) is 10.4 Å². The number of thiazole rings is 1. The Bertz CT molecular complexity index is 482. The Hall–Kier alpha value is -0.370. The Morgan fingerprint density at radius 1 is 1.52 bits per heavy atom. The molecule has 0 bridgehead atoms. The molecule has 1 aromatic heterocycles. The van der Waals surface area contributed by atoms with Gasteiger partial charge in [0.05, 0.1) is 12.2 Å². The van der Waals surface area contributed by atoms with Crippen molar-refractivity contribution in [3.05, 3.63) is 16.1 Å². The van der Waals surface area contributed by atoms with E-state index in [9.17, 15) is 0 Å². The quantitative estimate of drug-likeness (QED) is 0.432. The minimum absolute atomic E-state index is 0. The topological polar surface area (TPSA) is 49.3 Å². The molecule has 0 saturated heterocycles. The molecule has 1 heterocycles. The summed E-state index contributed by atoms with van der Waals surface area (Å²) in [6.07, 6.45) is 1.21. The lowest BCUT2D eigenvalue weighted by atomic mass is 10.2. The van der Waals surface area contributed by atoms with Gasteiger partial charge in [0.25, 0.3) is 0 Å². The maximum Gasteiger partial charge on any atom is 0.191 e. The Kier molecular flexibility index (Phi) is 6.90. The number of aliphatic imine (C=N–C) groups is 1. The van der Waals surface area contributed by atoms with Gasteiger partial charge in [0.2, 0.25) is 0 Å². The monoisotopic (exact) mass is 422 g/mol. The summed E-state index contributed by atoms with van der Waals surface area (Å²) in [5, 5.41) is 10.0. The van der Waals surface area contributed by atoms with Gasteiger partial charge in [-0.15, -0.1) is 35.3 Å². The van der Waals surface area contributed by atoms with Crippen molar-refractivity contribution in [3.8, 4) is 0 Å². The summed E-state index contributed by atoms with van der Waals surface area (Å²) in [5.74, 6) is 1.40. The van der Waals surface area contributed by atoms with Crippen LogP contribution in [-0.4, -0.2) is 23.5 Å². The standard InChI is InChI=1S/C15H26N4S.HI/c1-6-16-14(19-12-7-15(12,4)5)17-8-13-18-11(9-20-13)10(2)3;/h9-10,12H,6-8H2,1-5H3,(H2,16,17,19);1H. The Balaban J connectivity index is 0.00000220. The summed E-state index contributed by atoms with van der Waals surface area (Å²) >= 11 is 1.70. The summed E-state index contributed by atoms with van der Waals surface area (Å²) in [6.45, 7) is 12.5. The predicted octanol–water partition coefficient (Wildman–Crippen LogP) is 3.74. The first-order valence-corrected chi connectivity index (χ1v) is 8.29. The van der Waals surface area contributed by atoms with Gasteiger partial charge in [-0.05, 0) is 24.7 Å². The third kappa shape index (κ3) is 5.39. The lowest BCUT2D eigenvalue weighted by molar-refractivity contribution is 0.589. The van der Waals surface area contributed by atoms with Gasteiger partial charge < -0.3 is 10.6 Å². The van der Waals surface area contributed by atoms with E-state index in [0.29, 0.717) is 23.9 Å². The third-order valence-electron chi connectivity index (χ3n) is 3.70. The highest BCUT2D eigenvalue weighted by Crippen LogP contribution is 2.44. The van der Waals surface area contributed by atoms with Crippen molar-refractivity contribution in [1.29, 1.82) is 0 Å². The summed E-state index contributed by atoms with van der Waals surface area (Å²) < 4.78 is 0. The summed E-state index contributed by atoms with van der Waals surface area (Å²) in [7, 11) is 0. The molecule has 0 aromatic carbocycles. The van der Waals surface area contributed by atoms with E-state index in [4.69, 9.17) is 0 Å². The Morgan fingerprint density at radius 3 is 2.67 bits per heavy atom. The van der Waals surface area contributed by atoms with E-state index >= 15 is 0 Å². The molecule has 1 unspecified atom stereocenters. The van der Waals surface area contributed by atoms with Crippen LogP contribution in [0.5, 0.6) is 0 Å². The second-order valence-electron chi connectivity index (χ2n) is 6.41. The van der Waals surface area contributed by atoms with E-state index in [1.807, 2.05) is 0 Å². The second-order valence-corrected chi connectivity index (χ2v) is 7.35. The molecule has 0 spiro atoms. The number of guanidine groups is 1. The van der Waals surface area contributed by atoms with E-state index in [1.54, 1.807) is 11.3 Å². The van der Waals surface area contributed by atoms with Crippen molar-refractivity contribution in [2.24, 2.45) is 10.4 Å². The number of hydrogen-bond acceptors (Lipinski definition) is 3. The van der Waals surface area contributed by atoms with Crippen LogP contribution in [0.1, 0.15) is 57.7 Å². The number of rotatable bonds is 5. The maximum atomic E-state index is 4.64. The van der Waals surface area contributed by atoms with Gasteiger partial charge in [0, 0.05) is 18.0 Å². The second kappa shape index (κ2) is 7.76. The Labute approximate surface area is 149 Å². The van der Waals surface area contributed by atoms with E-state index in [2.05, 4.69) is 60.6 Å². The molecular formula is C15H27IN4S. The van der Waals surface area contributed by atoms with Gasteiger partial charge >= 0.3 is 0 Å². The van der Waals surface area contributed by atoms with Crippen molar-refractivity contribution in [2.75, 3.05) is 6.54 Å². The van der Waals surface area contributed by atoms with E-state index in [0.717, 1.165) is 17.5 Å². The fourth-order valence-electron chi connectivity index (χ4n) is 2.01. The molecule has 0 aliphatic heterocycles. The zero-order valence-corrected chi connectivity index (χ0v) is 16.7. The van der Waals surface area contributed by atoms with Crippen LogP contribution < -0.4 is 10.6 Å². The van der Waals surface area contributed by atoms with Gasteiger partial charge in [0.15, 0.2) is 5.96 Å². The van der Waals surface area contributed by atoms with E-state index in [1.165, 1.54) is 12.1 Å². The van der Waals surface area contributed by atoms with Crippen LogP contribution >= 0.6 is 35.3 Å². The SMILES string of the molecule is CCNC(=NCc1nc(C(C)C)cs1)NC1CC1(C)C.I. The number of nitrogens with one attached hydrogen (secondary N) is 2. The third-order valence-corrected chi connectivity index (χ3v) is 4.55. The molecule has 4 nitrogen and oxygen atoms in total. The number of aromatic nitrogens is 1. The zero-order chi connectivity index (χ0) is 14.8. The number of halogens is 1.